The van der Waals surface area contributed by atoms with Crippen molar-refractivity contribution in [2.24, 2.45) is 11.7 Å². The van der Waals surface area contributed by atoms with Gasteiger partial charge < -0.3 is 21.5 Å². The Bertz CT molecular complexity index is 501. The lowest BCUT2D eigenvalue weighted by atomic mass is 10.1. The Morgan fingerprint density at radius 2 is 2.11 bits per heavy atom. The highest BCUT2D eigenvalue weighted by molar-refractivity contribution is 5.95. The third-order valence-electron chi connectivity index (χ3n) is 3.18. The quantitative estimate of drug-likeness (QED) is 0.666. The number of aromatic carboxylic acids is 1. The summed E-state index contributed by atoms with van der Waals surface area (Å²) in [7, 11) is 0. The fraction of sp³-hybridized carbons (Fsp3) is 0.333. The molecule has 0 aromatic heterocycles. The van der Waals surface area contributed by atoms with Gasteiger partial charge in [0.2, 0.25) is 5.91 Å². The van der Waals surface area contributed by atoms with Crippen molar-refractivity contribution < 1.29 is 14.7 Å². The number of carbonyl (C=O) groups is 2. The molecule has 1 unspecified atom stereocenters. The van der Waals surface area contributed by atoms with Crippen LogP contribution in [0.3, 0.4) is 0 Å². The molecule has 1 aliphatic heterocycles. The SMILES string of the molecule is NC(=O)C1CCN(c2cc(N)ccc2C(=O)O)C1. The number of nitrogens with two attached hydrogens (primary N) is 2. The first-order valence-corrected chi connectivity index (χ1v) is 5.66. The van der Waals surface area contributed by atoms with Gasteiger partial charge in [-0.2, -0.15) is 0 Å². The van der Waals surface area contributed by atoms with Crippen molar-refractivity contribution >= 4 is 23.3 Å². The maximum absolute atomic E-state index is 11.1. The largest absolute Gasteiger partial charge is 0.478 e. The van der Waals surface area contributed by atoms with Gasteiger partial charge in [-0.3, -0.25) is 4.79 Å². The minimum Gasteiger partial charge on any atom is -0.478 e. The third kappa shape index (κ3) is 2.22. The van der Waals surface area contributed by atoms with Gasteiger partial charge in [0.15, 0.2) is 0 Å². The molecule has 5 N–H and O–H groups in total. The van der Waals surface area contributed by atoms with Gasteiger partial charge in [0, 0.05) is 18.8 Å². The summed E-state index contributed by atoms with van der Waals surface area (Å²) in [6.45, 7) is 1.05. The molecule has 0 aliphatic carbocycles. The van der Waals surface area contributed by atoms with Crippen LogP contribution in [-0.4, -0.2) is 30.1 Å². The van der Waals surface area contributed by atoms with Crippen molar-refractivity contribution in [3.8, 4) is 0 Å². The van der Waals surface area contributed by atoms with E-state index in [2.05, 4.69) is 0 Å². The second kappa shape index (κ2) is 4.56. The first-order chi connectivity index (χ1) is 8.49. The van der Waals surface area contributed by atoms with Gasteiger partial charge in [-0.05, 0) is 24.6 Å². The number of carbonyl (C=O) groups excluding carboxylic acids is 1. The first-order valence-electron chi connectivity index (χ1n) is 5.66. The summed E-state index contributed by atoms with van der Waals surface area (Å²) < 4.78 is 0. The normalized spacial score (nSPS) is 18.9. The van der Waals surface area contributed by atoms with Crippen molar-refractivity contribution in [3.63, 3.8) is 0 Å². The van der Waals surface area contributed by atoms with Gasteiger partial charge in [0.05, 0.1) is 17.2 Å². The summed E-state index contributed by atoms with van der Waals surface area (Å²) in [5.41, 5.74) is 12.2. The highest BCUT2D eigenvalue weighted by Gasteiger charge is 2.28. The van der Waals surface area contributed by atoms with Crippen LogP contribution in [0.5, 0.6) is 0 Å². The van der Waals surface area contributed by atoms with Crippen LogP contribution >= 0.6 is 0 Å². The van der Waals surface area contributed by atoms with E-state index in [9.17, 15) is 9.59 Å². The number of primary amides is 1. The zero-order valence-corrected chi connectivity index (χ0v) is 9.80. The molecule has 1 aromatic rings. The van der Waals surface area contributed by atoms with Crippen molar-refractivity contribution in [1.82, 2.24) is 0 Å². The van der Waals surface area contributed by atoms with Crippen LogP contribution in [0.4, 0.5) is 11.4 Å². The summed E-state index contributed by atoms with van der Waals surface area (Å²) in [5, 5.41) is 9.13. The highest BCUT2D eigenvalue weighted by Crippen LogP contribution is 2.29. The molecule has 1 saturated heterocycles. The Morgan fingerprint density at radius 3 is 2.67 bits per heavy atom. The molecule has 96 valence electrons. The number of amides is 1. The molecule has 1 atom stereocenters. The number of anilines is 2. The average molecular weight is 249 g/mol. The fourth-order valence-electron chi connectivity index (χ4n) is 2.20. The molecule has 0 spiro atoms. The lowest BCUT2D eigenvalue weighted by molar-refractivity contribution is -0.121. The number of hydrogen-bond donors (Lipinski definition) is 3. The molecule has 1 heterocycles. The van der Waals surface area contributed by atoms with E-state index in [-0.39, 0.29) is 17.4 Å². The molecule has 0 bridgehead atoms. The molecule has 0 radical (unpaired) electrons. The Balaban J connectivity index is 2.31. The predicted octanol–water partition coefficient (Wildman–Crippen LogP) is 0.279. The minimum absolute atomic E-state index is 0.189. The second-order valence-electron chi connectivity index (χ2n) is 4.42. The summed E-state index contributed by atoms with van der Waals surface area (Å²) >= 11 is 0. The summed E-state index contributed by atoms with van der Waals surface area (Å²) in [5.74, 6) is -1.58. The molecular formula is C12H15N3O3. The van der Waals surface area contributed by atoms with E-state index < -0.39 is 5.97 Å². The van der Waals surface area contributed by atoms with Crippen LogP contribution in [0.2, 0.25) is 0 Å². The highest BCUT2D eigenvalue weighted by atomic mass is 16.4. The number of carboxylic acids is 1. The Kier molecular flexibility index (Phi) is 3.10. The number of carboxylic acid groups (broad SMARTS) is 1. The molecule has 0 saturated carbocycles. The van der Waals surface area contributed by atoms with E-state index in [0.29, 0.717) is 30.9 Å². The average Bonchev–Trinajstić information content (AvgIpc) is 2.77. The molecule has 1 aliphatic rings. The molecule has 1 fully saturated rings. The van der Waals surface area contributed by atoms with E-state index in [4.69, 9.17) is 16.6 Å². The van der Waals surface area contributed by atoms with Crippen LogP contribution < -0.4 is 16.4 Å². The summed E-state index contributed by atoms with van der Waals surface area (Å²) in [6.07, 6.45) is 0.642. The number of nitrogens with zero attached hydrogens (tertiary/aromatic N) is 1. The van der Waals surface area contributed by atoms with Crippen molar-refractivity contribution in [3.05, 3.63) is 23.8 Å². The zero-order valence-electron chi connectivity index (χ0n) is 9.80. The molecule has 2 rings (SSSR count). The molecule has 6 nitrogen and oxygen atoms in total. The first kappa shape index (κ1) is 12.2. The zero-order chi connectivity index (χ0) is 13.3. The van der Waals surface area contributed by atoms with Gasteiger partial charge in [-0.1, -0.05) is 0 Å². The summed E-state index contributed by atoms with van der Waals surface area (Å²) in [6, 6.07) is 4.64. The van der Waals surface area contributed by atoms with Crippen molar-refractivity contribution in [1.29, 1.82) is 0 Å². The van der Waals surface area contributed by atoms with E-state index in [1.165, 1.54) is 6.07 Å². The number of nitrogen functional groups attached to an aromatic ring is 1. The van der Waals surface area contributed by atoms with E-state index in [0.717, 1.165) is 0 Å². The maximum Gasteiger partial charge on any atom is 0.337 e. The second-order valence-corrected chi connectivity index (χ2v) is 4.42. The van der Waals surface area contributed by atoms with Crippen molar-refractivity contribution in [2.75, 3.05) is 23.7 Å². The van der Waals surface area contributed by atoms with Crippen LogP contribution in [0.15, 0.2) is 18.2 Å². The minimum atomic E-state index is -1.01. The topological polar surface area (TPSA) is 110 Å². The lowest BCUT2D eigenvalue weighted by Crippen LogP contribution is -2.28. The Labute approximate surface area is 104 Å². The van der Waals surface area contributed by atoms with Gasteiger partial charge in [0.25, 0.3) is 0 Å². The van der Waals surface area contributed by atoms with E-state index in [1.54, 1.807) is 12.1 Å². The molecule has 18 heavy (non-hydrogen) atoms. The van der Waals surface area contributed by atoms with Crippen LogP contribution in [0.25, 0.3) is 0 Å². The van der Waals surface area contributed by atoms with Crippen molar-refractivity contribution in [2.45, 2.75) is 6.42 Å². The predicted molar refractivity (Wildman–Crippen MR) is 67.3 cm³/mol. The monoisotopic (exact) mass is 249 g/mol. The van der Waals surface area contributed by atoms with E-state index >= 15 is 0 Å². The van der Waals surface area contributed by atoms with Gasteiger partial charge in [0.1, 0.15) is 0 Å². The van der Waals surface area contributed by atoms with Gasteiger partial charge in [-0.25, -0.2) is 4.79 Å². The molecule has 1 amide bonds. The molecule has 1 aromatic carbocycles. The smallest absolute Gasteiger partial charge is 0.337 e. The molecule has 6 heteroatoms. The lowest BCUT2D eigenvalue weighted by Gasteiger charge is -2.20. The molecular weight excluding hydrogens is 234 g/mol. The van der Waals surface area contributed by atoms with Crippen LogP contribution in [-0.2, 0) is 4.79 Å². The van der Waals surface area contributed by atoms with Gasteiger partial charge >= 0.3 is 5.97 Å². The van der Waals surface area contributed by atoms with E-state index in [1.807, 2.05) is 4.90 Å². The Hall–Kier alpha value is -2.24. The number of benzene rings is 1. The van der Waals surface area contributed by atoms with Gasteiger partial charge in [-0.15, -0.1) is 0 Å². The van der Waals surface area contributed by atoms with Crippen LogP contribution in [0, 0.1) is 5.92 Å². The number of hydrogen-bond acceptors (Lipinski definition) is 4. The Morgan fingerprint density at radius 1 is 1.39 bits per heavy atom. The fourth-order valence-corrected chi connectivity index (χ4v) is 2.20. The third-order valence-corrected chi connectivity index (χ3v) is 3.18. The summed E-state index contributed by atoms with van der Waals surface area (Å²) in [4.78, 5) is 24.1. The maximum atomic E-state index is 11.1. The van der Waals surface area contributed by atoms with Crippen LogP contribution in [0.1, 0.15) is 16.8 Å². The standard InChI is InChI=1S/C12H15N3O3/c13-8-1-2-9(12(17)18)10(5-8)15-4-3-7(6-15)11(14)16/h1-2,5,7H,3-4,6,13H2,(H2,14,16)(H,17,18). The number of rotatable bonds is 3.